The van der Waals surface area contributed by atoms with Gasteiger partial charge >= 0.3 is 0 Å². The molecule has 6 nitrogen and oxygen atoms in total. The average molecular weight is 378 g/mol. The topological polar surface area (TPSA) is 126 Å². The first kappa shape index (κ1) is 20.4. The Labute approximate surface area is 159 Å². The Balaban J connectivity index is 0.00000210. The lowest BCUT2D eigenvalue weighted by atomic mass is 9.46. The lowest BCUT2D eigenvalue weighted by molar-refractivity contribution is -0.178. The molecule has 4 aliphatic carbocycles. The molecule has 0 aromatic carbocycles. The Morgan fingerprint density at radius 3 is 2.67 bits per heavy atom. The molecule has 27 heavy (non-hydrogen) atoms. The molecule has 4 rings (SSSR count). The van der Waals surface area contributed by atoms with Crippen LogP contribution in [0.15, 0.2) is 23.8 Å². The fourth-order valence-corrected chi connectivity index (χ4v) is 6.92. The summed E-state index contributed by atoms with van der Waals surface area (Å²) in [6.07, 6.45) is 7.68. The predicted octanol–water partition coefficient (Wildman–Crippen LogP) is 0.733. The molecule has 0 spiro atoms. The maximum absolute atomic E-state index is 12.4. The number of carbonyl (C=O) groups is 2. The number of Topliss-reactive ketones (excluding diaryl/α,β-unsaturated/α-hetero) is 1. The zero-order chi connectivity index (χ0) is 18.9. The van der Waals surface area contributed by atoms with Crippen LogP contribution in [0.2, 0.25) is 0 Å². The van der Waals surface area contributed by atoms with Crippen molar-refractivity contribution in [3.05, 3.63) is 23.8 Å². The number of aliphatic hydroxyl groups is 3. The van der Waals surface area contributed by atoms with Gasteiger partial charge in [-0.2, -0.15) is 0 Å². The number of carbonyl (C=O) groups excluding carboxylic acids is 2. The third-order valence-electron chi connectivity index (χ3n) is 8.25. The summed E-state index contributed by atoms with van der Waals surface area (Å²) < 4.78 is 0. The number of hydrogen-bond acceptors (Lipinski definition) is 5. The molecule has 0 radical (unpaired) electrons. The van der Waals surface area contributed by atoms with Gasteiger partial charge in [0.2, 0.25) is 0 Å². The van der Waals surface area contributed by atoms with Gasteiger partial charge in [0.05, 0.1) is 6.10 Å². The van der Waals surface area contributed by atoms with Gasteiger partial charge in [0.15, 0.2) is 11.6 Å². The predicted molar refractivity (Wildman–Crippen MR) is 98.7 cm³/mol. The summed E-state index contributed by atoms with van der Waals surface area (Å²) in [4.78, 5) is 24.2. The molecule has 0 saturated heterocycles. The maximum Gasteiger partial charge on any atom is 0.190 e. The Kier molecular flexibility index (Phi) is 4.79. The Morgan fingerprint density at radius 1 is 1.30 bits per heavy atom. The van der Waals surface area contributed by atoms with Crippen LogP contribution in [0.4, 0.5) is 0 Å². The van der Waals surface area contributed by atoms with Crippen molar-refractivity contribution in [3.8, 4) is 0 Å². The average Bonchev–Trinajstić information content (AvgIpc) is 2.86. The molecule has 6 heteroatoms. The molecule has 3 saturated carbocycles. The summed E-state index contributed by atoms with van der Waals surface area (Å²) in [6, 6.07) is 0. The van der Waals surface area contributed by atoms with Crippen LogP contribution in [-0.2, 0) is 9.59 Å². The summed E-state index contributed by atoms with van der Waals surface area (Å²) in [6.45, 7) is 3.34. The molecular weight excluding hydrogens is 348 g/mol. The Morgan fingerprint density at radius 2 is 2.00 bits per heavy atom. The normalized spacial score (nSPS) is 48.0. The van der Waals surface area contributed by atoms with Gasteiger partial charge in [-0.25, -0.2) is 0 Å². The molecule has 150 valence electrons. The van der Waals surface area contributed by atoms with Crippen LogP contribution < -0.4 is 0 Å². The minimum absolute atomic E-state index is 0. The largest absolute Gasteiger partial charge is 0.412 e. The molecule has 0 aliphatic heterocycles. The first-order chi connectivity index (χ1) is 12.2. The zero-order valence-electron chi connectivity index (χ0n) is 15.9. The molecule has 1 unspecified atom stereocenters. The van der Waals surface area contributed by atoms with Crippen LogP contribution in [-0.4, -0.2) is 50.7 Å². The molecule has 0 amide bonds. The number of aliphatic hydroxyl groups excluding tert-OH is 2. The van der Waals surface area contributed by atoms with E-state index in [0.29, 0.717) is 12.8 Å². The number of allylic oxidation sites excluding steroid dienone is 4. The minimum Gasteiger partial charge on any atom is -0.412 e. The monoisotopic (exact) mass is 378 g/mol. The first-order valence-corrected chi connectivity index (χ1v) is 9.66. The Hall–Kier alpha value is -1.34. The van der Waals surface area contributed by atoms with Crippen molar-refractivity contribution in [2.75, 3.05) is 6.61 Å². The van der Waals surface area contributed by atoms with E-state index in [0.717, 1.165) is 24.8 Å². The van der Waals surface area contributed by atoms with Crippen LogP contribution >= 0.6 is 0 Å². The summed E-state index contributed by atoms with van der Waals surface area (Å²) in [5.41, 5.74) is -1.54. The lowest BCUT2D eigenvalue weighted by Crippen LogP contribution is -2.61. The fourth-order valence-electron chi connectivity index (χ4n) is 6.92. The minimum atomic E-state index is -1.56. The van der Waals surface area contributed by atoms with Crippen molar-refractivity contribution in [2.45, 2.75) is 57.7 Å². The van der Waals surface area contributed by atoms with Gasteiger partial charge in [-0.3, -0.25) is 9.59 Å². The maximum atomic E-state index is 12.4. The highest BCUT2D eigenvalue weighted by molar-refractivity contribution is 6.01. The molecular formula is C21H30O6. The standard InChI is InChI=1S/C21H28O5.H2O/c1-19-7-5-13(23)9-12(19)3-4-14-15-6-8-21(26,17(25)11-22)20(15,2)10-16(24)18(14)19;/h5,7,9,14-16,18,22,24,26H,3-4,6,8,10-11H2,1-2H3;1H2/t14-,15-,16?,18+,19-,20-,21-;/m0./s1. The number of hydrogen-bond donors (Lipinski definition) is 3. The number of ketones is 2. The zero-order valence-corrected chi connectivity index (χ0v) is 15.9. The van der Waals surface area contributed by atoms with Crippen molar-refractivity contribution in [3.63, 3.8) is 0 Å². The van der Waals surface area contributed by atoms with E-state index in [-0.39, 0.29) is 34.4 Å². The third kappa shape index (κ3) is 2.47. The van der Waals surface area contributed by atoms with Gasteiger partial charge in [-0.1, -0.05) is 25.5 Å². The van der Waals surface area contributed by atoms with E-state index in [2.05, 4.69) is 6.92 Å². The molecule has 0 heterocycles. The lowest BCUT2D eigenvalue weighted by Gasteiger charge is -2.59. The van der Waals surface area contributed by atoms with E-state index < -0.39 is 29.5 Å². The van der Waals surface area contributed by atoms with Gasteiger partial charge in [0.25, 0.3) is 0 Å². The van der Waals surface area contributed by atoms with Crippen molar-refractivity contribution < 1.29 is 30.4 Å². The molecule has 3 fully saturated rings. The van der Waals surface area contributed by atoms with Gasteiger partial charge < -0.3 is 20.8 Å². The summed E-state index contributed by atoms with van der Waals surface area (Å²) in [5, 5.41) is 31.7. The van der Waals surface area contributed by atoms with Crippen molar-refractivity contribution in [2.24, 2.45) is 28.6 Å². The summed E-state index contributed by atoms with van der Waals surface area (Å²) in [7, 11) is 0. The smallest absolute Gasteiger partial charge is 0.190 e. The van der Waals surface area contributed by atoms with E-state index >= 15 is 0 Å². The highest BCUT2D eigenvalue weighted by Gasteiger charge is 2.67. The van der Waals surface area contributed by atoms with E-state index in [1.54, 1.807) is 12.2 Å². The SMILES string of the molecule is C[C@]12C=CC(=O)C=C1CC[C@@H]1[C@@H]2C(O)C[C@@]2(C)[C@H]1CC[C@]2(O)C(=O)CO.O. The first-order valence-electron chi connectivity index (χ1n) is 9.66. The highest BCUT2D eigenvalue weighted by atomic mass is 16.3. The van der Waals surface area contributed by atoms with Crippen molar-refractivity contribution >= 4 is 11.6 Å². The molecule has 0 aromatic heterocycles. The third-order valence-corrected chi connectivity index (χ3v) is 8.25. The summed E-state index contributed by atoms with van der Waals surface area (Å²) in [5.74, 6) is -0.227. The highest BCUT2D eigenvalue weighted by Crippen LogP contribution is 2.67. The van der Waals surface area contributed by atoms with Gasteiger partial charge in [0, 0.05) is 16.7 Å². The molecule has 0 aromatic rings. The second kappa shape index (κ2) is 6.34. The van der Waals surface area contributed by atoms with Gasteiger partial charge in [-0.15, -0.1) is 0 Å². The number of rotatable bonds is 2. The van der Waals surface area contributed by atoms with E-state index in [1.165, 1.54) is 0 Å². The second-order valence-corrected chi connectivity index (χ2v) is 9.19. The van der Waals surface area contributed by atoms with Gasteiger partial charge in [-0.05, 0) is 56.1 Å². The van der Waals surface area contributed by atoms with E-state index in [9.17, 15) is 24.9 Å². The van der Waals surface area contributed by atoms with Crippen LogP contribution in [0.1, 0.15) is 46.0 Å². The van der Waals surface area contributed by atoms with Crippen LogP contribution in [0.5, 0.6) is 0 Å². The molecule has 5 N–H and O–H groups in total. The second-order valence-electron chi connectivity index (χ2n) is 9.19. The number of fused-ring (bicyclic) bond motifs is 5. The van der Waals surface area contributed by atoms with Crippen molar-refractivity contribution in [1.82, 2.24) is 0 Å². The van der Waals surface area contributed by atoms with Crippen LogP contribution in [0.3, 0.4) is 0 Å². The quantitative estimate of drug-likeness (QED) is 0.653. The van der Waals surface area contributed by atoms with Gasteiger partial charge in [0.1, 0.15) is 12.2 Å². The molecule has 7 atom stereocenters. The summed E-state index contributed by atoms with van der Waals surface area (Å²) >= 11 is 0. The van der Waals surface area contributed by atoms with Crippen molar-refractivity contribution in [1.29, 1.82) is 0 Å². The Bertz CT molecular complexity index is 726. The van der Waals surface area contributed by atoms with E-state index in [1.807, 2.05) is 13.0 Å². The van der Waals surface area contributed by atoms with E-state index in [4.69, 9.17) is 0 Å². The molecule has 4 aliphatic rings. The van der Waals surface area contributed by atoms with Crippen LogP contribution in [0.25, 0.3) is 0 Å². The fraction of sp³-hybridized carbons (Fsp3) is 0.714. The molecule has 0 bridgehead atoms. The van der Waals surface area contributed by atoms with Crippen LogP contribution in [0, 0.1) is 28.6 Å².